The van der Waals surface area contributed by atoms with Crippen LogP contribution in [0.3, 0.4) is 0 Å². The fourth-order valence-corrected chi connectivity index (χ4v) is 2.91. The second-order valence-corrected chi connectivity index (χ2v) is 6.30. The molecule has 0 aliphatic heterocycles. The summed E-state index contributed by atoms with van der Waals surface area (Å²) < 4.78 is 13.2. The average Bonchev–Trinajstić information content (AvgIpc) is 2.97. The number of nitrogens with zero attached hydrogens (tertiary/aromatic N) is 1. The second kappa shape index (κ2) is 6.46. The zero-order valence-corrected chi connectivity index (χ0v) is 13.8. The molecule has 0 fully saturated rings. The molecule has 3 aromatic rings. The Morgan fingerprint density at radius 2 is 1.91 bits per heavy atom. The van der Waals surface area contributed by atoms with Gasteiger partial charge in [-0.15, -0.1) is 11.8 Å². The fourth-order valence-electron chi connectivity index (χ4n) is 2.50. The number of benzene rings is 2. The van der Waals surface area contributed by atoms with Crippen LogP contribution in [-0.4, -0.2) is 29.1 Å². The highest BCUT2D eigenvalue weighted by Gasteiger charge is 2.15. The molecule has 0 bridgehead atoms. The smallest absolute Gasteiger partial charge is 0.270 e. The summed E-state index contributed by atoms with van der Waals surface area (Å²) in [5.41, 5.74) is 2.29. The van der Waals surface area contributed by atoms with Crippen molar-refractivity contribution < 1.29 is 9.18 Å². The van der Waals surface area contributed by atoms with Gasteiger partial charge in [-0.25, -0.2) is 4.39 Å². The molecular formula is C18H17FN2OS. The van der Waals surface area contributed by atoms with Gasteiger partial charge in [0.2, 0.25) is 0 Å². The normalized spacial score (nSPS) is 10.9. The number of halogens is 1. The van der Waals surface area contributed by atoms with Crippen LogP contribution in [0.2, 0.25) is 0 Å². The Bertz CT molecular complexity index is 842. The Hall–Kier alpha value is -2.27. The van der Waals surface area contributed by atoms with Gasteiger partial charge in [-0.1, -0.05) is 12.1 Å². The minimum absolute atomic E-state index is 0.115. The summed E-state index contributed by atoms with van der Waals surface area (Å²) >= 11 is 1.69. The van der Waals surface area contributed by atoms with Crippen LogP contribution in [0, 0.1) is 5.82 Å². The lowest BCUT2D eigenvalue weighted by molar-refractivity contribution is 0.0780. The van der Waals surface area contributed by atoms with Crippen molar-refractivity contribution in [1.82, 2.24) is 9.88 Å². The summed E-state index contributed by atoms with van der Waals surface area (Å²) in [6.07, 6.45) is 2.03. The van der Waals surface area contributed by atoms with Gasteiger partial charge in [0.15, 0.2) is 0 Å². The van der Waals surface area contributed by atoms with Gasteiger partial charge < -0.3 is 9.88 Å². The maximum Gasteiger partial charge on any atom is 0.270 e. The van der Waals surface area contributed by atoms with Crippen LogP contribution in [0.4, 0.5) is 4.39 Å². The number of hydrogen-bond acceptors (Lipinski definition) is 2. The molecule has 1 N–H and O–H groups in total. The Morgan fingerprint density at radius 1 is 1.17 bits per heavy atom. The van der Waals surface area contributed by atoms with E-state index in [1.54, 1.807) is 35.8 Å². The maximum absolute atomic E-state index is 13.2. The molecule has 1 aromatic heterocycles. The summed E-state index contributed by atoms with van der Waals surface area (Å²) in [5, 5.41) is 0.700. The van der Waals surface area contributed by atoms with Gasteiger partial charge in [-0.2, -0.15) is 0 Å². The van der Waals surface area contributed by atoms with Gasteiger partial charge in [0.05, 0.1) is 0 Å². The van der Waals surface area contributed by atoms with E-state index in [0.717, 1.165) is 11.1 Å². The number of aromatic nitrogens is 1. The van der Waals surface area contributed by atoms with Crippen LogP contribution >= 0.6 is 11.8 Å². The van der Waals surface area contributed by atoms with Crippen LogP contribution in [0.5, 0.6) is 0 Å². The number of amides is 1. The number of fused-ring (bicyclic) bond motifs is 1. The molecule has 0 spiro atoms. The quantitative estimate of drug-likeness (QED) is 0.725. The number of thioether (sulfide) groups is 1. The highest BCUT2D eigenvalue weighted by molar-refractivity contribution is 7.98. The third-order valence-electron chi connectivity index (χ3n) is 3.74. The number of carbonyl (C=O) groups is 1. The SMILES string of the molecule is CSc1ccc(CN(C)C(=O)c2cc3cc(F)ccc3[nH]2)cc1. The lowest BCUT2D eigenvalue weighted by atomic mass is 10.2. The zero-order valence-electron chi connectivity index (χ0n) is 13.0. The summed E-state index contributed by atoms with van der Waals surface area (Å²) in [4.78, 5) is 18.4. The Morgan fingerprint density at radius 3 is 2.61 bits per heavy atom. The third-order valence-corrected chi connectivity index (χ3v) is 4.48. The van der Waals surface area contributed by atoms with E-state index < -0.39 is 0 Å². The number of aromatic amines is 1. The van der Waals surface area contributed by atoms with Crippen LogP contribution in [0.25, 0.3) is 10.9 Å². The first-order valence-corrected chi connectivity index (χ1v) is 8.46. The van der Waals surface area contributed by atoms with E-state index in [9.17, 15) is 9.18 Å². The summed E-state index contributed by atoms with van der Waals surface area (Å²) in [5.74, 6) is -0.423. The van der Waals surface area contributed by atoms with Crippen LogP contribution < -0.4 is 0 Å². The Balaban J connectivity index is 1.77. The van der Waals surface area contributed by atoms with Gasteiger partial charge in [0.25, 0.3) is 5.91 Å². The number of nitrogens with one attached hydrogen (secondary N) is 1. The largest absolute Gasteiger partial charge is 0.351 e. The lowest BCUT2D eigenvalue weighted by Crippen LogP contribution is -2.26. The van der Waals surface area contributed by atoms with Crippen LogP contribution in [-0.2, 0) is 6.54 Å². The fraction of sp³-hybridized carbons (Fsp3) is 0.167. The molecule has 0 radical (unpaired) electrons. The molecule has 3 rings (SSSR count). The van der Waals surface area contributed by atoms with Crippen molar-refractivity contribution in [2.24, 2.45) is 0 Å². The molecule has 2 aromatic carbocycles. The van der Waals surface area contributed by atoms with Crippen molar-refractivity contribution in [2.45, 2.75) is 11.4 Å². The predicted molar refractivity (Wildman–Crippen MR) is 92.3 cm³/mol. The molecule has 0 saturated carbocycles. The van der Waals surface area contributed by atoms with Gasteiger partial charge in [0.1, 0.15) is 11.5 Å². The molecule has 0 aliphatic carbocycles. The highest BCUT2D eigenvalue weighted by Crippen LogP contribution is 2.19. The third kappa shape index (κ3) is 3.40. The zero-order chi connectivity index (χ0) is 16.4. The number of rotatable bonds is 4. The van der Waals surface area contributed by atoms with E-state index in [0.29, 0.717) is 17.6 Å². The van der Waals surface area contributed by atoms with E-state index in [1.165, 1.54) is 17.0 Å². The van der Waals surface area contributed by atoms with Crippen molar-refractivity contribution in [2.75, 3.05) is 13.3 Å². The van der Waals surface area contributed by atoms with E-state index in [2.05, 4.69) is 4.98 Å². The molecule has 1 heterocycles. The number of hydrogen-bond donors (Lipinski definition) is 1. The topological polar surface area (TPSA) is 36.1 Å². The van der Waals surface area contributed by atoms with Crippen molar-refractivity contribution in [1.29, 1.82) is 0 Å². The monoisotopic (exact) mass is 328 g/mol. The highest BCUT2D eigenvalue weighted by atomic mass is 32.2. The first-order valence-electron chi connectivity index (χ1n) is 7.23. The van der Waals surface area contributed by atoms with E-state index in [1.807, 2.05) is 30.5 Å². The van der Waals surface area contributed by atoms with Crippen LogP contribution in [0.15, 0.2) is 53.4 Å². The molecule has 0 atom stereocenters. The summed E-state index contributed by atoms with van der Waals surface area (Å²) in [6.45, 7) is 0.525. The molecule has 3 nitrogen and oxygen atoms in total. The average molecular weight is 328 g/mol. The molecule has 0 unspecified atom stereocenters. The molecule has 1 amide bonds. The summed E-state index contributed by atoms with van der Waals surface area (Å²) in [7, 11) is 1.76. The van der Waals surface area contributed by atoms with Gasteiger partial charge in [0, 0.05) is 29.4 Å². The number of carbonyl (C=O) groups excluding carboxylic acids is 1. The van der Waals surface area contributed by atoms with Crippen molar-refractivity contribution >= 4 is 28.6 Å². The van der Waals surface area contributed by atoms with E-state index in [4.69, 9.17) is 0 Å². The van der Waals surface area contributed by atoms with Gasteiger partial charge >= 0.3 is 0 Å². The minimum atomic E-state index is -0.308. The minimum Gasteiger partial charge on any atom is -0.351 e. The van der Waals surface area contributed by atoms with Crippen molar-refractivity contribution in [3.63, 3.8) is 0 Å². The van der Waals surface area contributed by atoms with Gasteiger partial charge in [-0.05, 0) is 48.2 Å². The van der Waals surface area contributed by atoms with Crippen molar-refractivity contribution in [3.05, 3.63) is 65.6 Å². The van der Waals surface area contributed by atoms with Crippen LogP contribution in [0.1, 0.15) is 16.1 Å². The first-order chi connectivity index (χ1) is 11.1. The molecular weight excluding hydrogens is 311 g/mol. The molecule has 0 saturated heterocycles. The Labute approximate surface area is 138 Å². The molecule has 118 valence electrons. The molecule has 23 heavy (non-hydrogen) atoms. The predicted octanol–water partition coefficient (Wildman–Crippen LogP) is 4.30. The summed E-state index contributed by atoms with van der Waals surface area (Å²) in [6, 6.07) is 14.3. The Kier molecular flexibility index (Phi) is 4.39. The lowest BCUT2D eigenvalue weighted by Gasteiger charge is -2.16. The van der Waals surface area contributed by atoms with E-state index >= 15 is 0 Å². The van der Waals surface area contributed by atoms with Crippen molar-refractivity contribution in [3.8, 4) is 0 Å². The standard InChI is InChI=1S/C18H17FN2OS/c1-21(11-12-3-6-15(23-2)7-4-12)18(22)17-10-13-9-14(19)5-8-16(13)20-17/h3-10,20H,11H2,1-2H3. The first kappa shape index (κ1) is 15.6. The van der Waals surface area contributed by atoms with Gasteiger partial charge in [-0.3, -0.25) is 4.79 Å². The van der Waals surface area contributed by atoms with E-state index in [-0.39, 0.29) is 11.7 Å². The molecule has 0 aliphatic rings. The number of H-pyrrole nitrogens is 1. The maximum atomic E-state index is 13.2. The second-order valence-electron chi connectivity index (χ2n) is 5.42. The molecule has 5 heteroatoms.